The van der Waals surface area contributed by atoms with Crippen molar-refractivity contribution >= 4 is 86.6 Å². The molecule has 4 nitrogen and oxygen atoms in total. The van der Waals surface area contributed by atoms with Crippen molar-refractivity contribution < 1.29 is 33.9 Å². The fourth-order valence-electron chi connectivity index (χ4n) is 0. The first-order valence-corrected chi connectivity index (χ1v) is 5.46. The topological polar surface area (TPSA) is 80.3 Å². The standard InChI is InChI=1S/Ba.Ca.4O.W.2H/q2*+2;;;2*-1;;2*-1. The Labute approximate surface area is 117 Å². The Hall–Kier alpha value is 3.04. The van der Waals surface area contributed by atoms with Crippen LogP contribution in [0.25, 0.3) is 0 Å². The maximum absolute atomic E-state index is 8.65. The Morgan fingerprint density at radius 2 is 1.29 bits per heavy atom. The predicted octanol–water partition coefficient (Wildman–Crippen LogP) is -3.15. The van der Waals surface area contributed by atoms with Gasteiger partial charge in [0.25, 0.3) is 0 Å². The molecule has 0 fully saturated rings. The third-order valence-electron chi connectivity index (χ3n) is 0. The summed E-state index contributed by atoms with van der Waals surface area (Å²) in [5, 5.41) is 0. The van der Waals surface area contributed by atoms with Crippen LogP contribution in [-0.2, 0) is 23.5 Å². The van der Waals surface area contributed by atoms with E-state index < -0.39 is 16.7 Å². The summed E-state index contributed by atoms with van der Waals surface area (Å²) in [7, 11) is 0. The fourth-order valence-corrected chi connectivity index (χ4v) is 0. The molecule has 0 aliphatic carbocycles. The van der Waals surface area contributed by atoms with Crippen molar-refractivity contribution in [3.05, 3.63) is 0 Å². The molecule has 0 bridgehead atoms. The molecule has 0 aliphatic heterocycles. The van der Waals surface area contributed by atoms with E-state index in [0.717, 1.165) is 0 Å². The molecule has 7 heteroatoms. The maximum atomic E-state index is 8.65. The van der Waals surface area contributed by atoms with Crippen molar-refractivity contribution in [1.29, 1.82) is 0 Å². The van der Waals surface area contributed by atoms with Crippen molar-refractivity contribution in [2.45, 2.75) is 0 Å². The van der Waals surface area contributed by atoms with Gasteiger partial charge in [0.2, 0.25) is 0 Å². The van der Waals surface area contributed by atoms with Crippen LogP contribution in [0.1, 0.15) is 2.85 Å². The molecule has 0 radical (unpaired) electrons. The fraction of sp³-hybridized carbons (Fsp3) is 0. The Morgan fingerprint density at radius 1 is 1.29 bits per heavy atom. The van der Waals surface area contributed by atoms with Gasteiger partial charge >= 0.3 is 118 Å². The van der Waals surface area contributed by atoms with Crippen LogP contribution in [-0.4, -0.2) is 86.6 Å². The van der Waals surface area contributed by atoms with E-state index in [9.17, 15) is 0 Å². The van der Waals surface area contributed by atoms with Crippen LogP contribution in [0.4, 0.5) is 0 Å². The van der Waals surface area contributed by atoms with Crippen molar-refractivity contribution in [2.24, 2.45) is 0 Å². The molecule has 0 saturated carbocycles. The molecule has 0 aromatic carbocycles. The molecule has 0 atom stereocenters. The van der Waals surface area contributed by atoms with Crippen LogP contribution in [0.3, 0.4) is 0 Å². The van der Waals surface area contributed by atoms with Gasteiger partial charge in [-0.25, -0.2) is 0 Å². The number of hydrogen-bond acceptors (Lipinski definition) is 4. The second-order valence-electron chi connectivity index (χ2n) is 0.408. The van der Waals surface area contributed by atoms with Crippen LogP contribution < -0.4 is 7.52 Å². The molecule has 0 aromatic heterocycles. The van der Waals surface area contributed by atoms with Gasteiger partial charge in [-0.15, -0.1) is 0 Å². The van der Waals surface area contributed by atoms with Gasteiger partial charge in [-0.3, -0.25) is 0 Å². The molecule has 0 N–H and O–H groups in total. The van der Waals surface area contributed by atoms with Gasteiger partial charge in [0.05, 0.1) is 0 Å². The zero-order valence-electron chi connectivity index (χ0n) is 5.46. The summed E-state index contributed by atoms with van der Waals surface area (Å²) in [4.78, 5) is 0. The summed E-state index contributed by atoms with van der Waals surface area (Å²) in [6, 6.07) is 0. The van der Waals surface area contributed by atoms with E-state index in [0.29, 0.717) is 0 Å². The van der Waals surface area contributed by atoms with Crippen LogP contribution in [0.5, 0.6) is 0 Å². The van der Waals surface area contributed by atoms with E-state index in [1.807, 2.05) is 0 Å². The zero-order valence-corrected chi connectivity index (χ0v) is 13.0. The monoisotopic (exact) mass is 428 g/mol. The first-order valence-electron chi connectivity index (χ1n) is 0.667. The third-order valence-corrected chi connectivity index (χ3v) is 0. The zero-order chi connectivity index (χ0) is 4.50. The molecular formula is H2BaCaO4W. The Morgan fingerprint density at radius 3 is 1.29 bits per heavy atom. The molecule has 0 heterocycles. The molecule has 0 aliphatic rings. The van der Waals surface area contributed by atoms with Crippen LogP contribution in [0.2, 0.25) is 0 Å². The minimum atomic E-state index is -6.17. The molecular weight excluding hydrogens is 425 g/mol. The van der Waals surface area contributed by atoms with E-state index in [1.54, 1.807) is 0 Å². The molecule has 0 amide bonds. The minimum absolute atomic E-state index is 0. The summed E-state index contributed by atoms with van der Waals surface area (Å²) in [6.45, 7) is 0. The van der Waals surface area contributed by atoms with Gasteiger partial charge in [0.15, 0.2) is 0 Å². The second kappa shape index (κ2) is 7.15. The van der Waals surface area contributed by atoms with E-state index in [2.05, 4.69) is 0 Å². The van der Waals surface area contributed by atoms with Crippen molar-refractivity contribution in [3.63, 3.8) is 0 Å². The summed E-state index contributed by atoms with van der Waals surface area (Å²) in [6.07, 6.45) is 0. The Kier molecular flexibility index (Phi) is 16.9. The molecule has 36 valence electrons. The summed E-state index contributed by atoms with van der Waals surface area (Å²) >= 11 is -6.17. The average Bonchev–Trinajstić information content (AvgIpc) is 0.722. The quantitative estimate of drug-likeness (QED) is 0.383. The van der Waals surface area contributed by atoms with E-state index in [-0.39, 0.29) is 89.5 Å². The van der Waals surface area contributed by atoms with E-state index >= 15 is 0 Å². The van der Waals surface area contributed by atoms with Gasteiger partial charge in [-0.1, -0.05) is 0 Å². The average molecular weight is 427 g/mol. The number of hydrogen-bond donors (Lipinski definition) is 0. The molecule has 0 aromatic rings. The van der Waals surface area contributed by atoms with Gasteiger partial charge in [0, 0.05) is 0 Å². The van der Waals surface area contributed by atoms with Crippen molar-refractivity contribution in [2.75, 3.05) is 0 Å². The van der Waals surface area contributed by atoms with Gasteiger partial charge in [-0.05, 0) is 0 Å². The predicted molar refractivity (Wildman–Crippen MR) is 15.1 cm³/mol. The molecule has 7 heavy (non-hydrogen) atoms. The Bertz CT molecular complexity index is 102. The molecule has 0 unspecified atom stereocenters. The first-order chi connectivity index (χ1) is 2.00. The van der Waals surface area contributed by atoms with Crippen molar-refractivity contribution in [3.8, 4) is 0 Å². The summed E-state index contributed by atoms with van der Waals surface area (Å²) in [5.41, 5.74) is 0. The van der Waals surface area contributed by atoms with Gasteiger partial charge in [-0.2, -0.15) is 0 Å². The second-order valence-corrected chi connectivity index (χ2v) is 3.34. The van der Waals surface area contributed by atoms with E-state index in [1.165, 1.54) is 0 Å². The number of rotatable bonds is 0. The van der Waals surface area contributed by atoms with Gasteiger partial charge < -0.3 is 2.85 Å². The first kappa shape index (κ1) is 16.6. The van der Waals surface area contributed by atoms with Crippen LogP contribution in [0, 0.1) is 0 Å². The summed E-state index contributed by atoms with van der Waals surface area (Å²) < 4.78 is 34.6. The van der Waals surface area contributed by atoms with Gasteiger partial charge in [0.1, 0.15) is 0 Å². The van der Waals surface area contributed by atoms with Crippen LogP contribution in [0.15, 0.2) is 0 Å². The Balaban J connectivity index is -0.0000000133. The SMILES string of the molecule is [Ba+2].[Ca+2].[H-].[H-].[O]=[W](=[O])([O-])[O-]. The molecule has 0 saturated heterocycles. The van der Waals surface area contributed by atoms with Crippen molar-refractivity contribution in [1.82, 2.24) is 0 Å². The summed E-state index contributed by atoms with van der Waals surface area (Å²) in [5.74, 6) is 0. The van der Waals surface area contributed by atoms with Crippen LogP contribution >= 0.6 is 0 Å². The normalized spacial score (nSPS) is 8.29. The third kappa shape index (κ3) is 48.5. The van der Waals surface area contributed by atoms with E-state index in [4.69, 9.17) is 14.3 Å². The molecule has 0 rings (SSSR count). The molecule has 0 spiro atoms.